The number of allylic oxidation sites excluding steroid dienone is 2. The minimum absolute atomic E-state index is 0.113. The molecule has 0 fully saturated rings. The maximum absolute atomic E-state index is 13.0. The van der Waals surface area contributed by atoms with Crippen LogP contribution in [-0.4, -0.2) is 31.6 Å². The fourth-order valence-electron chi connectivity index (χ4n) is 4.11. The second kappa shape index (κ2) is 7.31. The van der Waals surface area contributed by atoms with Crippen molar-refractivity contribution in [2.24, 2.45) is 17.1 Å². The monoisotopic (exact) mass is 381 g/mol. The molecule has 6 nitrogen and oxygen atoms in total. The Morgan fingerprint density at radius 2 is 1.93 bits per heavy atom. The van der Waals surface area contributed by atoms with Gasteiger partial charge < -0.3 is 15.4 Å². The van der Waals surface area contributed by atoms with E-state index < -0.39 is 23.9 Å². The van der Waals surface area contributed by atoms with Gasteiger partial charge in [0.1, 0.15) is 11.8 Å². The van der Waals surface area contributed by atoms with Gasteiger partial charge in [0.2, 0.25) is 0 Å². The molecule has 0 unspecified atom stereocenters. The Kier molecular flexibility index (Phi) is 5.05. The van der Waals surface area contributed by atoms with Crippen LogP contribution in [0.4, 0.5) is 8.78 Å². The van der Waals surface area contributed by atoms with E-state index in [1.807, 2.05) is 36.2 Å². The molecule has 3 rings (SSSR count). The average Bonchev–Trinajstić information content (AvgIpc) is 2.68. The number of halogens is 2. The van der Waals surface area contributed by atoms with E-state index in [-0.39, 0.29) is 22.6 Å². The summed E-state index contributed by atoms with van der Waals surface area (Å²) in [5.41, 5.74) is 5.19. The highest BCUT2D eigenvalue weighted by molar-refractivity contribution is 5.60. The van der Waals surface area contributed by atoms with Crippen LogP contribution in [0, 0.1) is 45.3 Å². The van der Waals surface area contributed by atoms with Crippen molar-refractivity contribution >= 4 is 0 Å². The Bertz CT molecular complexity index is 966. The molecular weight excluding hydrogens is 364 g/mol. The van der Waals surface area contributed by atoms with Gasteiger partial charge in [-0.25, -0.2) is 0 Å². The number of alkyl halides is 2. The number of nitrogens with zero attached hydrogens (tertiary/aromatic N) is 4. The van der Waals surface area contributed by atoms with Crippen molar-refractivity contribution in [3.8, 4) is 24.0 Å². The minimum Gasteiger partial charge on any atom is -0.435 e. The smallest absolute Gasteiger partial charge is 0.387 e. The lowest BCUT2D eigenvalue weighted by atomic mass is 9.58. The van der Waals surface area contributed by atoms with Crippen LogP contribution in [0.3, 0.4) is 0 Å². The minimum atomic E-state index is -3.06. The summed E-state index contributed by atoms with van der Waals surface area (Å²) in [6.45, 7) is -2.06. The highest BCUT2D eigenvalue weighted by Gasteiger charge is 2.55. The van der Waals surface area contributed by atoms with E-state index in [1.165, 1.54) is 12.1 Å². The quantitative estimate of drug-likeness (QED) is 0.862. The van der Waals surface area contributed by atoms with Gasteiger partial charge in [0.15, 0.2) is 5.41 Å². The molecule has 1 aliphatic carbocycles. The number of ether oxygens (including phenoxy) is 1. The van der Waals surface area contributed by atoms with Crippen molar-refractivity contribution in [3.05, 3.63) is 52.7 Å². The van der Waals surface area contributed by atoms with Crippen LogP contribution in [0.25, 0.3) is 0 Å². The van der Waals surface area contributed by atoms with Crippen LogP contribution in [-0.2, 0) is 0 Å². The van der Waals surface area contributed by atoms with Gasteiger partial charge in [-0.15, -0.1) is 0 Å². The fraction of sp³-hybridized carbons (Fsp3) is 0.350. The number of hydrogen-bond acceptors (Lipinski definition) is 6. The van der Waals surface area contributed by atoms with Crippen molar-refractivity contribution < 1.29 is 13.5 Å². The number of para-hydroxylation sites is 1. The van der Waals surface area contributed by atoms with E-state index in [0.29, 0.717) is 18.7 Å². The molecule has 2 N–H and O–H groups in total. The third kappa shape index (κ3) is 2.87. The molecule has 0 saturated heterocycles. The van der Waals surface area contributed by atoms with Crippen LogP contribution in [0.5, 0.6) is 5.75 Å². The molecule has 0 amide bonds. The van der Waals surface area contributed by atoms with Crippen LogP contribution < -0.4 is 10.5 Å². The molecule has 142 valence electrons. The van der Waals surface area contributed by atoms with Gasteiger partial charge in [0.05, 0.1) is 23.4 Å². The van der Waals surface area contributed by atoms with Crippen molar-refractivity contribution in [1.82, 2.24) is 4.90 Å². The summed E-state index contributed by atoms with van der Waals surface area (Å²) >= 11 is 0. The lowest BCUT2D eigenvalue weighted by molar-refractivity contribution is -0.0509. The van der Waals surface area contributed by atoms with Crippen LogP contribution in [0.15, 0.2) is 47.2 Å². The standard InChI is InChI=1S/C20H17F2N5O/c1-27-7-6-12-14(8-23)18(26)20(10-24,11-25)17(15(12)9-27)13-4-2-3-5-16(13)28-19(21)22/h2-6,15,17,19H,7,9,26H2,1H3/t15-,17+/m1/s1. The van der Waals surface area contributed by atoms with Crippen LogP contribution >= 0.6 is 0 Å². The van der Waals surface area contributed by atoms with E-state index in [9.17, 15) is 24.6 Å². The van der Waals surface area contributed by atoms with E-state index in [1.54, 1.807) is 12.1 Å². The molecule has 0 saturated carbocycles. The predicted molar refractivity (Wildman–Crippen MR) is 95.4 cm³/mol. The number of rotatable bonds is 3. The summed E-state index contributed by atoms with van der Waals surface area (Å²) in [5.74, 6) is -1.44. The van der Waals surface area contributed by atoms with Crippen LogP contribution in [0.1, 0.15) is 11.5 Å². The van der Waals surface area contributed by atoms with Gasteiger partial charge in [-0.1, -0.05) is 24.3 Å². The molecule has 8 heteroatoms. The summed E-state index contributed by atoms with van der Waals surface area (Å²) in [5, 5.41) is 29.6. The first-order valence-electron chi connectivity index (χ1n) is 8.55. The van der Waals surface area contributed by atoms with Gasteiger partial charge in [0.25, 0.3) is 0 Å². The number of nitriles is 3. The van der Waals surface area contributed by atoms with Gasteiger partial charge in [-0.3, -0.25) is 0 Å². The van der Waals surface area contributed by atoms with Gasteiger partial charge in [0, 0.05) is 30.5 Å². The van der Waals surface area contributed by atoms with E-state index >= 15 is 0 Å². The lowest BCUT2D eigenvalue weighted by Gasteiger charge is -2.45. The highest BCUT2D eigenvalue weighted by atomic mass is 19.3. The Labute approximate surface area is 161 Å². The third-order valence-electron chi connectivity index (χ3n) is 5.32. The maximum Gasteiger partial charge on any atom is 0.387 e. The zero-order chi connectivity index (χ0) is 20.5. The van der Waals surface area contributed by atoms with E-state index in [0.717, 1.165) is 0 Å². The first-order chi connectivity index (χ1) is 13.4. The third-order valence-corrected chi connectivity index (χ3v) is 5.32. The summed E-state index contributed by atoms with van der Waals surface area (Å²) in [6, 6.07) is 12.1. The van der Waals surface area contributed by atoms with Gasteiger partial charge in [-0.05, 0) is 18.7 Å². The highest BCUT2D eigenvalue weighted by Crippen LogP contribution is 2.55. The van der Waals surface area contributed by atoms with E-state index in [4.69, 9.17) is 5.73 Å². The SMILES string of the molecule is CN1CC=C2C(C#N)=C(N)C(C#N)(C#N)[C@@H](c3ccccc3OC(F)F)[C@@H]2C1. The lowest BCUT2D eigenvalue weighted by Crippen LogP contribution is -2.47. The molecule has 1 aliphatic heterocycles. The molecule has 1 aromatic rings. The Morgan fingerprint density at radius 1 is 1.25 bits per heavy atom. The fourth-order valence-corrected chi connectivity index (χ4v) is 4.11. The van der Waals surface area contributed by atoms with Gasteiger partial charge in [-0.2, -0.15) is 24.6 Å². The number of nitrogens with two attached hydrogens (primary N) is 1. The van der Waals surface area contributed by atoms with Crippen molar-refractivity contribution in [1.29, 1.82) is 15.8 Å². The summed E-state index contributed by atoms with van der Waals surface area (Å²) in [6.07, 6.45) is 1.84. The second-order valence-electron chi connectivity index (χ2n) is 6.81. The van der Waals surface area contributed by atoms with Crippen molar-refractivity contribution in [3.63, 3.8) is 0 Å². The summed E-state index contributed by atoms with van der Waals surface area (Å²) < 4.78 is 30.6. The zero-order valence-corrected chi connectivity index (χ0v) is 15.1. The number of fused-ring (bicyclic) bond motifs is 1. The molecule has 2 aliphatic rings. The zero-order valence-electron chi connectivity index (χ0n) is 15.1. The molecule has 0 bridgehead atoms. The Morgan fingerprint density at radius 3 is 2.54 bits per heavy atom. The van der Waals surface area contributed by atoms with Crippen molar-refractivity contribution in [2.45, 2.75) is 12.5 Å². The molecule has 1 aromatic carbocycles. The number of benzene rings is 1. The molecule has 0 radical (unpaired) electrons. The Balaban J connectivity index is 2.33. The van der Waals surface area contributed by atoms with E-state index in [2.05, 4.69) is 4.74 Å². The van der Waals surface area contributed by atoms with Gasteiger partial charge >= 0.3 is 6.61 Å². The molecular formula is C20H17F2N5O. The molecule has 28 heavy (non-hydrogen) atoms. The molecule has 1 heterocycles. The first kappa shape index (κ1) is 19.4. The first-order valence-corrected chi connectivity index (χ1v) is 8.55. The molecule has 2 atom stereocenters. The normalized spacial score (nSPS) is 23.8. The number of hydrogen-bond donors (Lipinski definition) is 1. The van der Waals surface area contributed by atoms with Crippen LogP contribution in [0.2, 0.25) is 0 Å². The topological polar surface area (TPSA) is 110 Å². The molecule has 0 spiro atoms. The van der Waals surface area contributed by atoms with Crippen molar-refractivity contribution in [2.75, 3.05) is 20.1 Å². The molecule has 0 aromatic heterocycles. The Hall–Kier alpha value is -3.41. The predicted octanol–water partition coefficient (Wildman–Crippen LogP) is 2.64. The summed E-state index contributed by atoms with van der Waals surface area (Å²) in [7, 11) is 1.86. The maximum atomic E-state index is 13.0. The average molecular weight is 381 g/mol. The second-order valence-corrected chi connectivity index (χ2v) is 6.81. The summed E-state index contributed by atoms with van der Waals surface area (Å²) in [4.78, 5) is 1.97. The largest absolute Gasteiger partial charge is 0.435 e. The number of likely N-dealkylation sites (N-methyl/N-ethyl adjacent to an activating group) is 1.